The Bertz CT molecular complexity index is 770. The number of carbonyl (C=O) groups excluding carboxylic acids is 1. The maximum absolute atomic E-state index is 12.4. The molecule has 1 aromatic carbocycles. The van der Waals surface area contributed by atoms with Gasteiger partial charge in [-0.3, -0.25) is 14.9 Å². The number of nitro groups is 1. The molecular formula is C17H19N5O3. The lowest BCUT2D eigenvalue weighted by atomic mass is 9.96. The molecule has 1 aliphatic rings. The second kappa shape index (κ2) is 7.25. The van der Waals surface area contributed by atoms with Gasteiger partial charge in [0.25, 0.3) is 5.69 Å². The minimum absolute atomic E-state index is 0.0365. The number of carbonyl (C=O) groups is 1. The van der Waals surface area contributed by atoms with Crippen molar-refractivity contribution >= 4 is 23.1 Å². The molecule has 3 rings (SSSR count). The monoisotopic (exact) mass is 341 g/mol. The van der Waals surface area contributed by atoms with Crippen molar-refractivity contribution in [1.29, 1.82) is 0 Å². The van der Waals surface area contributed by atoms with Crippen molar-refractivity contribution in [3.63, 3.8) is 0 Å². The highest BCUT2D eigenvalue weighted by atomic mass is 16.6. The van der Waals surface area contributed by atoms with E-state index < -0.39 is 4.92 Å². The van der Waals surface area contributed by atoms with Gasteiger partial charge >= 0.3 is 0 Å². The summed E-state index contributed by atoms with van der Waals surface area (Å²) in [7, 11) is 0. The number of benzene rings is 1. The molecule has 1 amide bonds. The van der Waals surface area contributed by atoms with Crippen molar-refractivity contribution in [1.82, 2.24) is 10.2 Å². The summed E-state index contributed by atoms with van der Waals surface area (Å²) in [6.45, 7) is 3.34. The number of aromatic nitrogens is 2. The molecule has 8 nitrogen and oxygen atoms in total. The molecule has 8 heteroatoms. The molecule has 2 heterocycles. The number of hydrogen-bond donors (Lipinski definition) is 1. The standard InChI is InChI=1S/C17H19N5O3/c1-12-5-6-16(20-19-12)21-9-7-13(8-10-21)17(23)18-14-3-2-4-15(11-14)22(24)25/h2-6,11,13H,7-10H2,1H3,(H,18,23). The van der Waals surface area contributed by atoms with E-state index in [1.165, 1.54) is 12.1 Å². The van der Waals surface area contributed by atoms with Crippen LogP contribution < -0.4 is 10.2 Å². The maximum atomic E-state index is 12.4. The maximum Gasteiger partial charge on any atom is 0.271 e. The number of aryl methyl sites for hydroxylation is 1. The molecule has 0 atom stereocenters. The highest BCUT2D eigenvalue weighted by Crippen LogP contribution is 2.24. The van der Waals surface area contributed by atoms with Crippen molar-refractivity contribution < 1.29 is 9.72 Å². The lowest BCUT2D eigenvalue weighted by Crippen LogP contribution is -2.38. The Morgan fingerprint density at radius 1 is 1.24 bits per heavy atom. The van der Waals surface area contributed by atoms with Crippen LogP contribution >= 0.6 is 0 Å². The molecule has 0 aliphatic carbocycles. The Hall–Kier alpha value is -3.03. The lowest BCUT2D eigenvalue weighted by molar-refractivity contribution is -0.384. The minimum atomic E-state index is -0.475. The molecule has 1 fully saturated rings. The van der Waals surface area contributed by atoms with Crippen LogP contribution in [0, 0.1) is 23.0 Å². The van der Waals surface area contributed by atoms with Crippen LogP contribution in [0.15, 0.2) is 36.4 Å². The van der Waals surface area contributed by atoms with Gasteiger partial charge in [0.15, 0.2) is 5.82 Å². The van der Waals surface area contributed by atoms with Crippen LogP contribution in [0.2, 0.25) is 0 Å². The van der Waals surface area contributed by atoms with Gasteiger partial charge in [-0.25, -0.2) is 0 Å². The summed E-state index contributed by atoms with van der Waals surface area (Å²) in [5, 5.41) is 21.8. The second-order valence-electron chi connectivity index (χ2n) is 6.09. The molecule has 1 aliphatic heterocycles. The molecular weight excluding hydrogens is 322 g/mol. The Balaban J connectivity index is 1.57. The first-order valence-corrected chi connectivity index (χ1v) is 8.13. The number of anilines is 2. The predicted octanol–water partition coefficient (Wildman–Crippen LogP) is 2.55. The van der Waals surface area contributed by atoms with Gasteiger partial charge in [-0.2, -0.15) is 5.10 Å². The first kappa shape index (κ1) is 16.8. The van der Waals surface area contributed by atoms with E-state index in [2.05, 4.69) is 20.4 Å². The average molecular weight is 341 g/mol. The summed E-state index contributed by atoms with van der Waals surface area (Å²) in [6.07, 6.45) is 1.41. The Morgan fingerprint density at radius 3 is 2.64 bits per heavy atom. The molecule has 0 unspecified atom stereocenters. The van der Waals surface area contributed by atoms with E-state index in [9.17, 15) is 14.9 Å². The average Bonchev–Trinajstić information content (AvgIpc) is 2.63. The number of non-ortho nitro benzene ring substituents is 1. The Kier molecular flexibility index (Phi) is 4.87. The minimum Gasteiger partial charge on any atom is -0.355 e. The lowest BCUT2D eigenvalue weighted by Gasteiger charge is -2.31. The summed E-state index contributed by atoms with van der Waals surface area (Å²) < 4.78 is 0. The zero-order chi connectivity index (χ0) is 17.8. The number of hydrogen-bond acceptors (Lipinski definition) is 6. The number of nitrogens with zero attached hydrogens (tertiary/aromatic N) is 4. The van der Waals surface area contributed by atoms with E-state index in [-0.39, 0.29) is 17.5 Å². The fraction of sp³-hybridized carbons (Fsp3) is 0.353. The van der Waals surface area contributed by atoms with Crippen molar-refractivity contribution in [3.8, 4) is 0 Å². The number of nitrogens with one attached hydrogen (secondary N) is 1. The van der Waals surface area contributed by atoms with Crippen molar-refractivity contribution in [3.05, 3.63) is 52.2 Å². The van der Waals surface area contributed by atoms with Gasteiger partial charge in [-0.1, -0.05) is 6.07 Å². The fourth-order valence-electron chi connectivity index (χ4n) is 2.87. The van der Waals surface area contributed by atoms with Gasteiger partial charge < -0.3 is 10.2 Å². The van der Waals surface area contributed by atoms with Crippen molar-refractivity contribution in [2.45, 2.75) is 19.8 Å². The van der Waals surface area contributed by atoms with Crippen molar-refractivity contribution in [2.75, 3.05) is 23.3 Å². The topological polar surface area (TPSA) is 101 Å². The molecule has 0 spiro atoms. The highest BCUT2D eigenvalue weighted by molar-refractivity contribution is 5.93. The Morgan fingerprint density at radius 2 is 2.00 bits per heavy atom. The van der Waals surface area contributed by atoms with Gasteiger partial charge in [0.1, 0.15) is 0 Å². The molecule has 1 aromatic heterocycles. The van der Waals surface area contributed by atoms with E-state index >= 15 is 0 Å². The second-order valence-corrected chi connectivity index (χ2v) is 6.09. The Labute approximate surface area is 145 Å². The molecule has 2 aromatic rings. The number of rotatable bonds is 4. The largest absolute Gasteiger partial charge is 0.355 e. The summed E-state index contributed by atoms with van der Waals surface area (Å²) in [5.74, 6) is 0.604. The van der Waals surface area contributed by atoms with E-state index in [1.54, 1.807) is 12.1 Å². The van der Waals surface area contributed by atoms with E-state index in [1.807, 2.05) is 19.1 Å². The normalized spacial score (nSPS) is 15.0. The fourth-order valence-corrected chi connectivity index (χ4v) is 2.87. The van der Waals surface area contributed by atoms with Crippen LogP contribution in [-0.4, -0.2) is 34.1 Å². The third-order valence-electron chi connectivity index (χ3n) is 4.30. The first-order chi connectivity index (χ1) is 12.0. The smallest absolute Gasteiger partial charge is 0.271 e. The van der Waals surface area contributed by atoms with E-state index in [0.717, 1.165) is 24.6 Å². The van der Waals surface area contributed by atoms with Crippen LogP contribution in [0.25, 0.3) is 0 Å². The summed E-state index contributed by atoms with van der Waals surface area (Å²) >= 11 is 0. The number of piperidine rings is 1. The van der Waals surface area contributed by atoms with Gasteiger partial charge in [0.05, 0.1) is 10.6 Å². The number of amides is 1. The zero-order valence-electron chi connectivity index (χ0n) is 13.9. The molecule has 0 saturated carbocycles. The summed E-state index contributed by atoms with van der Waals surface area (Å²) in [5.41, 5.74) is 1.28. The number of nitro benzene ring substituents is 1. The van der Waals surface area contributed by atoms with Gasteiger partial charge in [-0.05, 0) is 38.0 Å². The van der Waals surface area contributed by atoms with Crippen LogP contribution in [0.1, 0.15) is 18.5 Å². The van der Waals surface area contributed by atoms with E-state index in [0.29, 0.717) is 18.5 Å². The van der Waals surface area contributed by atoms with Gasteiger partial charge in [0.2, 0.25) is 5.91 Å². The molecule has 0 radical (unpaired) electrons. The van der Waals surface area contributed by atoms with Gasteiger partial charge in [0, 0.05) is 36.8 Å². The van der Waals surface area contributed by atoms with E-state index in [4.69, 9.17) is 0 Å². The summed E-state index contributed by atoms with van der Waals surface area (Å²) in [4.78, 5) is 24.9. The van der Waals surface area contributed by atoms with Crippen molar-refractivity contribution in [2.24, 2.45) is 5.92 Å². The van der Waals surface area contributed by atoms with Gasteiger partial charge in [-0.15, -0.1) is 5.10 Å². The molecule has 1 saturated heterocycles. The SMILES string of the molecule is Cc1ccc(N2CCC(C(=O)Nc3cccc([N+](=O)[O-])c3)CC2)nn1. The quantitative estimate of drug-likeness (QED) is 0.677. The van der Waals surface area contributed by atoms with Crippen LogP contribution in [0.3, 0.4) is 0 Å². The van der Waals surface area contributed by atoms with Crippen LogP contribution in [0.4, 0.5) is 17.2 Å². The molecule has 25 heavy (non-hydrogen) atoms. The highest BCUT2D eigenvalue weighted by Gasteiger charge is 2.26. The molecule has 1 N–H and O–H groups in total. The third-order valence-corrected chi connectivity index (χ3v) is 4.30. The summed E-state index contributed by atoms with van der Waals surface area (Å²) in [6, 6.07) is 9.84. The molecule has 0 bridgehead atoms. The third kappa shape index (κ3) is 4.09. The van der Waals surface area contributed by atoms with Crippen LogP contribution in [0.5, 0.6) is 0 Å². The predicted molar refractivity (Wildman–Crippen MR) is 93.4 cm³/mol. The molecule has 130 valence electrons. The zero-order valence-corrected chi connectivity index (χ0v) is 13.9. The first-order valence-electron chi connectivity index (χ1n) is 8.13. The van der Waals surface area contributed by atoms with Crippen LogP contribution in [-0.2, 0) is 4.79 Å².